The van der Waals surface area contributed by atoms with E-state index in [1.807, 2.05) is 30.3 Å². The lowest BCUT2D eigenvalue weighted by atomic mass is 10.1. The SMILES string of the molecule is N#Cc1nc2ccccc2cc1-c1cc(N)ccn1. The molecule has 0 radical (unpaired) electrons. The molecule has 0 aliphatic heterocycles. The van der Waals surface area contributed by atoms with E-state index in [-0.39, 0.29) is 0 Å². The van der Waals surface area contributed by atoms with Crippen LogP contribution < -0.4 is 5.73 Å². The molecular weight excluding hydrogens is 236 g/mol. The van der Waals surface area contributed by atoms with Crippen LogP contribution in [0, 0.1) is 11.3 Å². The van der Waals surface area contributed by atoms with Crippen molar-refractivity contribution in [2.24, 2.45) is 0 Å². The molecule has 2 heterocycles. The van der Waals surface area contributed by atoms with E-state index < -0.39 is 0 Å². The van der Waals surface area contributed by atoms with Gasteiger partial charge in [-0.25, -0.2) is 4.98 Å². The summed E-state index contributed by atoms with van der Waals surface area (Å²) >= 11 is 0. The number of anilines is 1. The Hall–Kier alpha value is -2.93. The van der Waals surface area contributed by atoms with E-state index in [0.717, 1.165) is 10.9 Å². The van der Waals surface area contributed by atoms with Gasteiger partial charge >= 0.3 is 0 Å². The number of para-hydroxylation sites is 1. The van der Waals surface area contributed by atoms with Gasteiger partial charge in [0.1, 0.15) is 6.07 Å². The van der Waals surface area contributed by atoms with Gasteiger partial charge in [-0.3, -0.25) is 4.98 Å². The molecule has 0 aliphatic carbocycles. The van der Waals surface area contributed by atoms with Crippen LogP contribution in [0.4, 0.5) is 5.69 Å². The smallest absolute Gasteiger partial charge is 0.150 e. The standard InChI is InChI=1S/C15H10N4/c16-9-15-12(14-8-11(17)5-6-18-14)7-10-3-1-2-4-13(10)19-15/h1-8H,(H2,17,18). The van der Waals surface area contributed by atoms with E-state index in [1.165, 1.54) is 0 Å². The van der Waals surface area contributed by atoms with Crippen molar-refractivity contribution in [3.05, 3.63) is 54.4 Å². The fraction of sp³-hybridized carbons (Fsp3) is 0. The lowest BCUT2D eigenvalue weighted by Crippen LogP contribution is -1.94. The molecule has 4 nitrogen and oxygen atoms in total. The van der Waals surface area contributed by atoms with Crippen LogP contribution in [0.5, 0.6) is 0 Å². The molecule has 1 aromatic carbocycles. The number of pyridine rings is 2. The first kappa shape index (κ1) is 11.2. The van der Waals surface area contributed by atoms with Crippen molar-refractivity contribution >= 4 is 16.6 Å². The second kappa shape index (κ2) is 4.39. The lowest BCUT2D eigenvalue weighted by Gasteiger charge is -2.06. The minimum Gasteiger partial charge on any atom is -0.399 e. The molecule has 0 atom stereocenters. The quantitative estimate of drug-likeness (QED) is 0.716. The van der Waals surface area contributed by atoms with Crippen LogP contribution in [0.2, 0.25) is 0 Å². The molecule has 0 saturated carbocycles. The Bertz CT molecular complexity index is 803. The number of nitrogens with two attached hydrogens (primary N) is 1. The molecule has 0 aliphatic rings. The first-order valence-electron chi connectivity index (χ1n) is 5.80. The molecule has 0 bridgehead atoms. The van der Waals surface area contributed by atoms with Crippen LogP contribution in [-0.4, -0.2) is 9.97 Å². The second-order valence-electron chi connectivity index (χ2n) is 4.16. The molecule has 4 heteroatoms. The fourth-order valence-corrected chi connectivity index (χ4v) is 1.99. The van der Waals surface area contributed by atoms with Crippen LogP contribution in [-0.2, 0) is 0 Å². The third-order valence-electron chi connectivity index (χ3n) is 2.89. The van der Waals surface area contributed by atoms with Gasteiger partial charge in [-0.2, -0.15) is 5.26 Å². The Kier molecular flexibility index (Phi) is 2.58. The third-order valence-corrected chi connectivity index (χ3v) is 2.89. The predicted octanol–water partition coefficient (Wildman–Crippen LogP) is 2.75. The number of hydrogen-bond acceptors (Lipinski definition) is 4. The van der Waals surface area contributed by atoms with Crippen LogP contribution in [0.1, 0.15) is 5.69 Å². The fourth-order valence-electron chi connectivity index (χ4n) is 1.99. The minimum absolute atomic E-state index is 0.358. The molecule has 3 rings (SSSR count). The average molecular weight is 246 g/mol. The van der Waals surface area contributed by atoms with Crippen LogP contribution in [0.15, 0.2) is 48.7 Å². The van der Waals surface area contributed by atoms with Crippen molar-refractivity contribution < 1.29 is 0 Å². The van der Waals surface area contributed by atoms with E-state index in [0.29, 0.717) is 22.6 Å². The second-order valence-corrected chi connectivity index (χ2v) is 4.16. The summed E-state index contributed by atoms with van der Waals surface area (Å²) in [5.74, 6) is 0. The first-order valence-corrected chi connectivity index (χ1v) is 5.80. The summed E-state index contributed by atoms with van der Waals surface area (Å²) < 4.78 is 0. The normalized spacial score (nSPS) is 10.3. The summed E-state index contributed by atoms with van der Waals surface area (Å²) in [5, 5.41) is 10.2. The lowest BCUT2D eigenvalue weighted by molar-refractivity contribution is 1.28. The highest BCUT2D eigenvalue weighted by molar-refractivity contribution is 5.85. The van der Waals surface area contributed by atoms with E-state index in [9.17, 15) is 5.26 Å². The van der Waals surface area contributed by atoms with Crippen LogP contribution in [0.25, 0.3) is 22.2 Å². The van der Waals surface area contributed by atoms with Gasteiger partial charge in [-0.05, 0) is 24.3 Å². The third kappa shape index (κ3) is 1.98. The molecule has 0 fully saturated rings. The highest BCUT2D eigenvalue weighted by atomic mass is 14.7. The summed E-state index contributed by atoms with van der Waals surface area (Å²) in [6, 6.07) is 15.2. The Morgan fingerprint density at radius 2 is 1.95 bits per heavy atom. The van der Waals surface area contributed by atoms with Crippen LogP contribution >= 0.6 is 0 Å². The molecule has 0 spiro atoms. The van der Waals surface area contributed by atoms with Gasteiger partial charge in [0.25, 0.3) is 0 Å². The van der Waals surface area contributed by atoms with E-state index in [2.05, 4.69) is 16.0 Å². The van der Waals surface area contributed by atoms with Crippen molar-refractivity contribution in [2.45, 2.75) is 0 Å². The van der Waals surface area contributed by atoms with E-state index in [4.69, 9.17) is 5.73 Å². The number of benzene rings is 1. The Labute approximate surface area is 110 Å². The van der Waals surface area contributed by atoms with Crippen molar-refractivity contribution in [1.82, 2.24) is 9.97 Å². The van der Waals surface area contributed by atoms with Gasteiger partial charge in [-0.1, -0.05) is 18.2 Å². The van der Waals surface area contributed by atoms with E-state index in [1.54, 1.807) is 18.3 Å². The van der Waals surface area contributed by atoms with Crippen molar-refractivity contribution in [3.8, 4) is 17.3 Å². The number of hydrogen-bond donors (Lipinski definition) is 1. The molecule has 0 saturated heterocycles. The van der Waals surface area contributed by atoms with Gasteiger partial charge < -0.3 is 5.73 Å². The maximum atomic E-state index is 9.24. The molecule has 90 valence electrons. The van der Waals surface area contributed by atoms with Gasteiger partial charge in [0.05, 0.1) is 11.2 Å². The number of nitrogen functional groups attached to an aromatic ring is 1. The summed E-state index contributed by atoms with van der Waals surface area (Å²) in [7, 11) is 0. The highest BCUT2D eigenvalue weighted by Crippen LogP contribution is 2.25. The van der Waals surface area contributed by atoms with Gasteiger partial charge in [0, 0.05) is 22.8 Å². The zero-order valence-electron chi connectivity index (χ0n) is 10.0. The molecule has 2 aromatic heterocycles. The Balaban J connectivity index is 2.31. The Morgan fingerprint density at radius 1 is 1.11 bits per heavy atom. The van der Waals surface area contributed by atoms with Crippen molar-refractivity contribution in [2.75, 3.05) is 5.73 Å². The zero-order chi connectivity index (χ0) is 13.2. The molecule has 2 N–H and O–H groups in total. The topological polar surface area (TPSA) is 75.6 Å². The molecule has 3 aromatic rings. The molecule has 0 amide bonds. The van der Waals surface area contributed by atoms with Crippen LogP contribution in [0.3, 0.4) is 0 Å². The minimum atomic E-state index is 0.358. The van der Waals surface area contributed by atoms with E-state index >= 15 is 0 Å². The van der Waals surface area contributed by atoms with Crippen molar-refractivity contribution in [1.29, 1.82) is 5.26 Å². The molecule has 19 heavy (non-hydrogen) atoms. The van der Waals surface area contributed by atoms with Gasteiger partial charge in [0.2, 0.25) is 0 Å². The number of rotatable bonds is 1. The summed E-state index contributed by atoms with van der Waals surface area (Å²) in [6.45, 7) is 0. The number of aromatic nitrogens is 2. The largest absolute Gasteiger partial charge is 0.399 e. The van der Waals surface area contributed by atoms with Gasteiger partial charge in [-0.15, -0.1) is 0 Å². The molecule has 0 unspecified atom stereocenters. The predicted molar refractivity (Wildman–Crippen MR) is 74.1 cm³/mol. The zero-order valence-corrected chi connectivity index (χ0v) is 10.0. The maximum Gasteiger partial charge on any atom is 0.150 e. The average Bonchev–Trinajstić information content (AvgIpc) is 2.46. The number of nitrogens with zero attached hydrogens (tertiary/aromatic N) is 3. The number of fused-ring (bicyclic) bond motifs is 1. The maximum absolute atomic E-state index is 9.24. The van der Waals surface area contributed by atoms with Gasteiger partial charge in [0.15, 0.2) is 5.69 Å². The summed E-state index contributed by atoms with van der Waals surface area (Å²) in [5.41, 5.74) is 8.89. The summed E-state index contributed by atoms with van der Waals surface area (Å²) in [4.78, 5) is 8.61. The number of nitriles is 1. The summed E-state index contributed by atoms with van der Waals surface area (Å²) in [6.07, 6.45) is 1.63. The first-order chi connectivity index (χ1) is 9.28. The monoisotopic (exact) mass is 246 g/mol. The van der Waals surface area contributed by atoms with Crippen molar-refractivity contribution in [3.63, 3.8) is 0 Å². The molecular formula is C15H10N4. The highest BCUT2D eigenvalue weighted by Gasteiger charge is 2.09. The Morgan fingerprint density at radius 3 is 2.74 bits per heavy atom.